The number of carbonyl (C=O) groups excluding carboxylic acids is 1. The number of carbonyl (C=O) groups is 1. The van der Waals surface area contributed by atoms with Crippen LogP contribution in [0.1, 0.15) is 45.5 Å². The highest BCUT2D eigenvalue weighted by Crippen LogP contribution is 2.19. The summed E-state index contributed by atoms with van der Waals surface area (Å²) in [6.07, 6.45) is 1.79. The zero-order chi connectivity index (χ0) is 21.3. The largest absolute Gasteiger partial charge is 0.313 e. The maximum absolute atomic E-state index is 13.0. The molecule has 2 aromatic heterocycles. The van der Waals surface area contributed by atoms with E-state index in [-0.39, 0.29) is 30.0 Å². The van der Waals surface area contributed by atoms with Gasteiger partial charge in [-0.3, -0.25) is 14.2 Å². The van der Waals surface area contributed by atoms with Gasteiger partial charge in [0.25, 0.3) is 5.56 Å². The number of hydrogen-bond acceptors (Lipinski definition) is 4. The van der Waals surface area contributed by atoms with E-state index < -0.39 is 0 Å². The molecule has 29 heavy (non-hydrogen) atoms. The molecule has 0 saturated carbocycles. The number of rotatable bonds is 5. The first kappa shape index (κ1) is 20.8. The molecule has 0 unspecified atom stereocenters. The van der Waals surface area contributed by atoms with Gasteiger partial charge in [-0.05, 0) is 59.2 Å². The van der Waals surface area contributed by atoms with Gasteiger partial charge in [-0.15, -0.1) is 0 Å². The van der Waals surface area contributed by atoms with Crippen LogP contribution in [0.2, 0.25) is 0 Å². The second-order valence-corrected chi connectivity index (χ2v) is 8.31. The fourth-order valence-electron chi connectivity index (χ4n) is 3.50. The van der Waals surface area contributed by atoms with Crippen molar-refractivity contribution in [1.29, 1.82) is 0 Å². The normalized spacial score (nSPS) is 11.8. The molecule has 0 aliphatic rings. The summed E-state index contributed by atoms with van der Waals surface area (Å²) in [4.78, 5) is 32.2. The Morgan fingerprint density at radius 2 is 1.93 bits per heavy atom. The third-order valence-corrected chi connectivity index (χ3v) is 4.99. The Morgan fingerprint density at radius 1 is 1.21 bits per heavy atom. The minimum atomic E-state index is -0.273. The predicted octanol–water partition coefficient (Wildman–Crippen LogP) is 3.41. The summed E-state index contributed by atoms with van der Waals surface area (Å²) in [5, 5.41) is 4.84. The molecule has 0 saturated heterocycles. The van der Waals surface area contributed by atoms with Gasteiger partial charge in [0.05, 0.1) is 11.7 Å². The summed E-state index contributed by atoms with van der Waals surface area (Å²) in [6.45, 7) is 12.7. The van der Waals surface area contributed by atoms with Crippen LogP contribution in [0.15, 0.2) is 35.3 Å². The monoisotopic (exact) mass is 395 g/mol. The molecule has 7 heteroatoms. The highest BCUT2D eigenvalue weighted by molar-refractivity contribution is 5.93. The van der Waals surface area contributed by atoms with Crippen LogP contribution < -0.4 is 10.5 Å². The average Bonchev–Trinajstić information content (AvgIpc) is 3.06. The average molecular weight is 396 g/mol. The van der Waals surface area contributed by atoms with Crippen LogP contribution in [0.5, 0.6) is 0 Å². The molecule has 3 aromatic rings. The Labute approximate surface area is 171 Å². The van der Waals surface area contributed by atoms with Gasteiger partial charge in [-0.1, -0.05) is 12.1 Å². The third kappa shape index (κ3) is 4.09. The maximum Gasteiger partial charge on any atom is 0.264 e. The molecular formula is C22H29N5O2. The summed E-state index contributed by atoms with van der Waals surface area (Å²) < 4.78 is 3.34. The van der Waals surface area contributed by atoms with Crippen molar-refractivity contribution in [2.24, 2.45) is 0 Å². The lowest BCUT2D eigenvalue weighted by molar-refractivity contribution is -0.118. The van der Waals surface area contributed by atoms with E-state index in [4.69, 9.17) is 0 Å². The van der Waals surface area contributed by atoms with Crippen molar-refractivity contribution in [2.75, 3.05) is 11.4 Å². The Hall–Kier alpha value is -2.96. The van der Waals surface area contributed by atoms with Gasteiger partial charge in [0.15, 0.2) is 5.65 Å². The van der Waals surface area contributed by atoms with Gasteiger partial charge in [-0.2, -0.15) is 5.10 Å². The quantitative estimate of drug-likeness (QED) is 0.664. The van der Waals surface area contributed by atoms with Crippen molar-refractivity contribution in [3.63, 3.8) is 0 Å². The van der Waals surface area contributed by atoms with Crippen molar-refractivity contribution >= 4 is 22.6 Å². The number of anilines is 1. The van der Waals surface area contributed by atoms with Gasteiger partial charge in [0.1, 0.15) is 11.2 Å². The van der Waals surface area contributed by atoms with Crippen LogP contribution in [0, 0.1) is 13.8 Å². The second kappa shape index (κ2) is 7.81. The van der Waals surface area contributed by atoms with Gasteiger partial charge in [0.2, 0.25) is 5.91 Å². The maximum atomic E-state index is 13.0. The molecule has 0 N–H and O–H groups in total. The minimum Gasteiger partial charge on any atom is -0.313 e. The van der Waals surface area contributed by atoms with Crippen LogP contribution in [-0.4, -0.2) is 31.8 Å². The number of amides is 1. The van der Waals surface area contributed by atoms with E-state index in [1.807, 2.05) is 58.9 Å². The van der Waals surface area contributed by atoms with Gasteiger partial charge < -0.3 is 4.90 Å². The first-order valence-corrected chi connectivity index (χ1v) is 9.96. The molecule has 0 atom stereocenters. The van der Waals surface area contributed by atoms with E-state index >= 15 is 0 Å². The zero-order valence-electron chi connectivity index (χ0n) is 18.1. The third-order valence-electron chi connectivity index (χ3n) is 4.99. The lowest BCUT2D eigenvalue weighted by atomic mass is 10.1. The second-order valence-electron chi connectivity index (χ2n) is 8.31. The van der Waals surface area contributed by atoms with Crippen molar-refractivity contribution in [2.45, 2.75) is 60.0 Å². The molecule has 7 nitrogen and oxygen atoms in total. The van der Waals surface area contributed by atoms with E-state index in [9.17, 15) is 9.59 Å². The number of nitrogens with zero attached hydrogens (tertiary/aromatic N) is 5. The molecule has 154 valence electrons. The first-order valence-electron chi connectivity index (χ1n) is 9.96. The summed E-state index contributed by atoms with van der Waals surface area (Å²) in [5.74, 6) is 0.565. The standard InChI is InChI=1S/C22H29N5O2/c1-7-25(17-10-8-9-15(2)13-17)19(28)11-12-26-16(3)24-20-18(21(26)29)14-23-27(20)22(4,5)6/h8-10,13-14H,7,11-12H2,1-6H3. The van der Waals surface area contributed by atoms with Crippen molar-refractivity contribution < 1.29 is 4.79 Å². The zero-order valence-corrected chi connectivity index (χ0v) is 18.1. The Morgan fingerprint density at radius 3 is 2.55 bits per heavy atom. The number of fused-ring (bicyclic) bond motifs is 1. The van der Waals surface area contributed by atoms with Crippen LogP contribution in [0.25, 0.3) is 11.0 Å². The first-order chi connectivity index (χ1) is 13.6. The van der Waals surface area contributed by atoms with Crippen LogP contribution in [0.4, 0.5) is 5.69 Å². The molecule has 0 fully saturated rings. The molecular weight excluding hydrogens is 366 g/mol. The lowest BCUT2D eigenvalue weighted by Gasteiger charge is -2.22. The van der Waals surface area contributed by atoms with E-state index in [2.05, 4.69) is 10.1 Å². The lowest BCUT2D eigenvalue weighted by Crippen LogP contribution is -2.33. The highest BCUT2D eigenvalue weighted by Gasteiger charge is 2.21. The topological polar surface area (TPSA) is 73.0 Å². The Bertz CT molecular complexity index is 1100. The van der Waals surface area contributed by atoms with E-state index in [0.29, 0.717) is 23.4 Å². The fraction of sp³-hybridized carbons (Fsp3) is 0.455. The molecule has 0 bridgehead atoms. The van der Waals surface area contributed by atoms with E-state index in [0.717, 1.165) is 11.3 Å². The Kier molecular flexibility index (Phi) is 5.59. The van der Waals surface area contributed by atoms with Crippen molar-refractivity contribution in [1.82, 2.24) is 19.3 Å². The predicted molar refractivity (Wildman–Crippen MR) is 115 cm³/mol. The number of aryl methyl sites for hydroxylation is 2. The summed E-state index contributed by atoms with van der Waals surface area (Å²) >= 11 is 0. The molecule has 2 heterocycles. The molecule has 0 radical (unpaired) electrons. The summed E-state index contributed by atoms with van der Waals surface area (Å²) in [7, 11) is 0. The molecule has 1 amide bonds. The molecule has 0 spiro atoms. The van der Waals surface area contributed by atoms with Crippen LogP contribution in [0.3, 0.4) is 0 Å². The molecule has 3 rings (SSSR count). The fourth-order valence-corrected chi connectivity index (χ4v) is 3.50. The molecule has 0 aliphatic heterocycles. The van der Waals surface area contributed by atoms with Gasteiger partial charge in [0, 0.05) is 25.2 Å². The summed E-state index contributed by atoms with van der Waals surface area (Å²) in [5.41, 5.74) is 2.13. The van der Waals surface area contributed by atoms with E-state index in [1.165, 1.54) is 0 Å². The van der Waals surface area contributed by atoms with E-state index in [1.54, 1.807) is 27.3 Å². The minimum absolute atomic E-state index is 0.0186. The molecule has 1 aromatic carbocycles. The number of aromatic nitrogens is 4. The smallest absolute Gasteiger partial charge is 0.264 e. The SMILES string of the molecule is CCN(C(=O)CCn1c(C)nc2c(cnn2C(C)(C)C)c1=O)c1cccc(C)c1. The number of hydrogen-bond donors (Lipinski definition) is 0. The van der Waals surface area contributed by atoms with Crippen molar-refractivity contribution in [3.8, 4) is 0 Å². The van der Waals surface area contributed by atoms with Crippen LogP contribution in [-0.2, 0) is 16.9 Å². The molecule has 0 aliphatic carbocycles. The van der Waals surface area contributed by atoms with Gasteiger partial charge >= 0.3 is 0 Å². The number of benzene rings is 1. The van der Waals surface area contributed by atoms with Gasteiger partial charge in [-0.25, -0.2) is 9.67 Å². The van der Waals surface area contributed by atoms with Crippen molar-refractivity contribution in [3.05, 3.63) is 52.2 Å². The highest BCUT2D eigenvalue weighted by atomic mass is 16.2. The summed E-state index contributed by atoms with van der Waals surface area (Å²) in [6, 6.07) is 7.87. The Balaban J connectivity index is 1.87. The van der Waals surface area contributed by atoms with Crippen LogP contribution >= 0.6 is 0 Å².